The number of nitrogens with two attached hydrogens (primary N) is 1. The molecule has 1 aromatic rings. The molecule has 8 nitrogen and oxygen atoms in total. The van der Waals surface area contributed by atoms with Crippen LogP contribution < -0.4 is 17.0 Å². The van der Waals surface area contributed by atoms with Crippen LogP contribution in [0.5, 0.6) is 0 Å². The van der Waals surface area contributed by atoms with Crippen molar-refractivity contribution in [2.75, 3.05) is 6.61 Å². The first-order valence-electron chi connectivity index (χ1n) is 6.57. The van der Waals surface area contributed by atoms with Gasteiger partial charge in [0.05, 0.1) is 12.7 Å². The monoisotopic (exact) mass is 297 g/mol. The van der Waals surface area contributed by atoms with Gasteiger partial charge in [-0.05, 0) is 6.92 Å². The first-order valence-corrected chi connectivity index (χ1v) is 6.57. The molecule has 0 spiro atoms. The van der Waals surface area contributed by atoms with E-state index in [4.69, 9.17) is 15.2 Å². The van der Waals surface area contributed by atoms with E-state index in [0.717, 1.165) is 0 Å². The number of nitrogens with zero attached hydrogens (tertiary/aromatic N) is 1. The van der Waals surface area contributed by atoms with E-state index in [0.29, 0.717) is 5.56 Å². The zero-order valence-electron chi connectivity index (χ0n) is 11.7. The molecule has 1 aliphatic heterocycles. The van der Waals surface area contributed by atoms with Crippen molar-refractivity contribution in [1.29, 1.82) is 0 Å². The Labute approximate surface area is 120 Å². The average molecular weight is 297 g/mol. The zero-order chi connectivity index (χ0) is 15.6. The fourth-order valence-corrected chi connectivity index (χ4v) is 2.22. The molecule has 2 rings (SSSR count). The lowest BCUT2D eigenvalue weighted by atomic mass is 10.1. The molecule has 1 saturated heterocycles. The molecule has 4 N–H and O–H groups in total. The van der Waals surface area contributed by atoms with E-state index in [1.807, 2.05) is 0 Å². The maximum absolute atomic E-state index is 11.8. The van der Waals surface area contributed by atoms with Crippen LogP contribution in [-0.4, -0.2) is 39.7 Å². The van der Waals surface area contributed by atoms with E-state index < -0.39 is 35.9 Å². The third-order valence-electron chi connectivity index (χ3n) is 3.32. The van der Waals surface area contributed by atoms with Gasteiger partial charge in [-0.1, -0.05) is 6.08 Å². The van der Waals surface area contributed by atoms with Gasteiger partial charge in [-0.15, -0.1) is 6.58 Å². The Kier molecular flexibility index (Phi) is 4.73. The molecule has 1 unspecified atom stereocenters. The number of H-pyrrole nitrogens is 1. The van der Waals surface area contributed by atoms with Crippen molar-refractivity contribution in [1.82, 2.24) is 9.55 Å². The van der Waals surface area contributed by atoms with Gasteiger partial charge >= 0.3 is 5.69 Å². The zero-order valence-corrected chi connectivity index (χ0v) is 11.7. The Balaban J connectivity index is 2.17. The summed E-state index contributed by atoms with van der Waals surface area (Å²) < 4.78 is 12.1. The highest BCUT2D eigenvalue weighted by Gasteiger charge is 2.39. The van der Waals surface area contributed by atoms with Crippen molar-refractivity contribution in [3.05, 3.63) is 45.3 Å². The summed E-state index contributed by atoms with van der Waals surface area (Å²) in [4.78, 5) is 25.3. The van der Waals surface area contributed by atoms with E-state index in [-0.39, 0.29) is 13.0 Å². The molecular formula is C13H19N3O5. The van der Waals surface area contributed by atoms with Crippen molar-refractivity contribution < 1.29 is 14.6 Å². The summed E-state index contributed by atoms with van der Waals surface area (Å²) in [6.45, 7) is 5.32. The lowest BCUT2D eigenvalue weighted by molar-refractivity contribution is -0.100. The Bertz CT molecular complexity index is 623. The standard InChI is InChI=1S/C13H19N3O5/c1-3-4-20-11(14)10-8(17)5-9(21-10)16-6-7(2)12(18)15-13(16)19/h3,6,8-11,17H,1,4-5,14H2,2H3,(H,15,18,19)/t8-,9+,10-,11?/m0/s1. The number of rotatable bonds is 5. The summed E-state index contributed by atoms with van der Waals surface area (Å²) >= 11 is 0. The third-order valence-corrected chi connectivity index (χ3v) is 3.32. The van der Waals surface area contributed by atoms with Crippen LogP contribution in [0, 0.1) is 6.92 Å². The number of aliphatic hydroxyl groups is 1. The molecule has 2 heterocycles. The number of aromatic nitrogens is 2. The van der Waals surface area contributed by atoms with Crippen molar-refractivity contribution in [2.24, 2.45) is 5.73 Å². The van der Waals surface area contributed by atoms with Crippen molar-refractivity contribution in [3.63, 3.8) is 0 Å². The lowest BCUT2D eigenvalue weighted by Gasteiger charge is -2.22. The SMILES string of the molecule is C=CCOC(N)[C@H]1O[C@@H](n2cc(C)c(=O)[nH]c2=O)C[C@@H]1O. The van der Waals surface area contributed by atoms with Gasteiger partial charge < -0.3 is 20.3 Å². The Hall–Kier alpha value is -1.74. The van der Waals surface area contributed by atoms with Gasteiger partial charge in [-0.2, -0.15) is 0 Å². The topological polar surface area (TPSA) is 120 Å². The Morgan fingerprint density at radius 3 is 3.10 bits per heavy atom. The molecule has 0 saturated carbocycles. The number of nitrogens with one attached hydrogen (secondary N) is 1. The smallest absolute Gasteiger partial charge is 0.330 e. The highest BCUT2D eigenvalue weighted by atomic mass is 16.6. The van der Waals surface area contributed by atoms with Crippen LogP contribution in [0.25, 0.3) is 0 Å². The van der Waals surface area contributed by atoms with E-state index in [1.165, 1.54) is 16.8 Å². The summed E-state index contributed by atoms with van der Waals surface area (Å²) in [5.74, 6) is 0. The van der Waals surface area contributed by atoms with Crippen LogP contribution in [0.3, 0.4) is 0 Å². The van der Waals surface area contributed by atoms with Crippen LogP contribution in [0.2, 0.25) is 0 Å². The van der Waals surface area contributed by atoms with Gasteiger partial charge in [-0.3, -0.25) is 14.3 Å². The Morgan fingerprint density at radius 1 is 1.71 bits per heavy atom. The molecule has 1 fully saturated rings. The number of hydrogen-bond acceptors (Lipinski definition) is 6. The fourth-order valence-electron chi connectivity index (χ4n) is 2.22. The van der Waals surface area contributed by atoms with Gasteiger partial charge in [0.15, 0.2) is 0 Å². The second-order valence-electron chi connectivity index (χ2n) is 4.92. The number of hydrogen-bond donors (Lipinski definition) is 3. The quantitative estimate of drug-likeness (QED) is 0.473. The maximum Gasteiger partial charge on any atom is 0.330 e. The van der Waals surface area contributed by atoms with Gasteiger partial charge in [0.1, 0.15) is 18.6 Å². The van der Waals surface area contributed by atoms with E-state index >= 15 is 0 Å². The van der Waals surface area contributed by atoms with Crippen LogP contribution >= 0.6 is 0 Å². The van der Waals surface area contributed by atoms with Crippen LogP contribution in [0.1, 0.15) is 18.2 Å². The molecule has 0 bridgehead atoms. The van der Waals surface area contributed by atoms with Crippen molar-refractivity contribution in [2.45, 2.75) is 38.0 Å². The fraction of sp³-hybridized carbons (Fsp3) is 0.538. The lowest BCUT2D eigenvalue weighted by Crippen LogP contribution is -2.43. The highest BCUT2D eigenvalue weighted by molar-refractivity contribution is 5.02. The summed E-state index contributed by atoms with van der Waals surface area (Å²) in [5.41, 5.74) is 5.13. The van der Waals surface area contributed by atoms with Gasteiger partial charge in [-0.25, -0.2) is 4.79 Å². The van der Waals surface area contributed by atoms with Gasteiger partial charge in [0.2, 0.25) is 0 Å². The molecule has 1 aliphatic rings. The van der Waals surface area contributed by atoms with E-state index in [1.54, 1.807) is 6.92 Å². The van der Waals surface area contributed by atoms with E-state index in [9.17, 15) is 14.7 Å². The molecule has 1 aromatic heterocycles. The second kappa shape index (κ2) is 6.35. The molecule has 4 atom stereocenters. The summed E-state index contributed by atoms with van der Waals surface area (Å²) in [6.07, 6.45) is -0.0377. The number of aliphatic hydroxyl groups excluding tert-OH is 1. The first kappa shape index (κ1) is 15.6. The number of ether oxygens (including phenoxy) is 2. The minimum atomic E-state index is -0.867. The highest BCUT2D eigenvalue weighted by Crippen LogP contribution is 2.29. The van der Waals surface area contributed by atoms with Gasteiger partial charge in [0, 0.05) is 18.2 Å². The summed E-state index contributed by atoms with van der Waals surface area (Å²) in [7, 11) is 0. The molecule has 116 valence electrons. The van der Waals surface area contributed by atoms with Crippen LogP contribution in [0.15, 0.2) is 28.4 Å². The summed E-state index contributed by atoms with van der Waals surface area (Å²) in [5, 5.41) is 10.0. The molecule has 0 amide bonds. The predicted octanol–water partition coefficient (Wildman–Crippen LogP) is -1.02. The maximum atomic E-state index is 11.8. The second-order valence-corrected chi connectivity index (χ2v) is 4.92. The minimum absolute atomic E-state index is 0.182. The molecule has 8 heteroatoms. The molecule has 0 aliphatic carbocycles. The molecule has 21 heavy (non-hydrogen) atoms. The summed E-state index contributed by atoms with van der Waals surface area (Å²) in [6, 6.07) is 0. The largest absolute Gasteiger partial charge is 0.390 e. The number of aryl methyl sites for hydroxylation is 1. The van der Waals surface area contributed by atoms with Crippen LogP contribution in [0.4, 0.5) is 0 Å². The molecule has 0 aromatic carbocycles. The average Bonchev–Trinajstić information content (AvgIpc) is 2.82. The van der Waals surface area contributed by atoms with E-state index in [2.05, 4.69) is 11.6 Å². The first-order chi connectivity index (χ1) is 9.93. The van der Waals surface area contributed by atoms with Gasteiger partial charge in [0.25, 0.3) is 5.56 Å². The van der Waals surface area contributed by atoms with Crippen molar-refractivity contribution >= 4 is 0 Å². The molecular weight excluding hydrogens is 278 g/mol. The molecule has 0 radical (unpaired) electrons. The normalized spacial score (nSPS) is 26.7. The van der Waals surface area contributed by atoms with Crippen LogP contribution in [-0.2, 0) is 9.47 Å². The van der Waals surface area contributed by atoms with Crippen molar-refractivity contribution in [3.8, 4) is 0 Å². The Morgan fingerprint density at radius 2 is 2.43 bits per heavy atom. The third kappa shape index (κ3) is 3.30. The minimum Gasteiger partial charge on any atom is -0.390 e. The number of aromatic amines is 1. The predicted molar refractivity (Wildman–Crippen MR) is 74.7 cm³/mol.